The van der Waals surface area contributed by atoms with E-state index in [-0.39, 0.29) is 11.2 Å². The fourth-order valence-corrected chi connectivity index (χ4v) is 3.19. The highest BCUT2D eigenvalue weighted by Crippen LogP contribution is 2.40. The second-order valence-corrected chi connectivity index (χ2v) is 6.89. The van der Waals surface area contributed by atoms with Crippen molar-refractivity contribution in [2.24, 2.45) is 5.14 Å². The van der Waals surface area contributed by atoms with Crippen LogP contribution in [0.3, 0.4) is 0 Å². The van der Waals surface area contributed by atoms with Gasteiger partial charge in [0.05, 0.1) is 9.88 Å². The Morgan fingerprint density at radius 2 is 2.17 bits per heavy atom. The lowest BCUT2D eigenvalue weighted by Gasteiger charge is -2.05. The molecule has 7 nitrogen and oxygen atoms in total. The smallest absolute Gasteiger partial charge is 0.273 e. The van der Waals surface area contributed by atoms with E-state index in [0.717, 1.165) is 22.7 Å². The molecule has 0 aromatic carbocycles. The molecule has 18 heavy (non-hydrogen) atoms. The highest BCUT2D eigenvalue weighted by atomic mass is 32.2. The van der Waals surface area contributed by atoms with Crippen LogP contribution in [-0.4, -0.2) is 28.2 Å². The number of primary sulfonamides is 1. The molecule has 0 spiro atoms. The molecule has 96 valence electrons. The third-order valence-electron chi connectivity index (χ3n) is 2.67. The molecule has 1 aliphatic carbocycles. The van der Waals surface area contributed by atoms with Gasteiger partial charge in [0.1, 0.15) is 0 Å². The summed E-state index contributed by atoms with van der Waals surface area (Å²) in [5, 5.41) is 13.6. The lowest BCUT2D eigenvalue weighted by Crippen LogP contribution is -2.18. The molecule has 2 N–H and O–H groups in total. The SMILES string of the molecule is Cc1ncc(-c2nnc(S(N)(=O)=O)n2C2CC2)s1. The van der Waals surface area contributed by atoms with E-state index < -0.39 is 10.0 Å². The van der Waals surface area contributed by atoms with Gasteiger partial charge in [0.2, 0.25) is 0 Å². The average molecular weight is 285 g/mol. The Bertz CT molecular complexity index is 698. The maximum atomic E-state index is 11.5. The zero-order valence-electron chi connectivity index (χ0n) is 9.57. The minimum Gasteiger partial charge on any atom is -0.293 e. The van der Waals surface area contributed by atoms with E-state index >= 15 is 0 Å². The van der Waals surface area contributed by atoms with Crippen molar-refractivity contribution >= 4 is 21.4 Å². The standard InChI is InChI=1S/C9H11N5O2S2/c1-5-11-4-7(17-5)8-12-13-9(18(10,15)16)14(8)6-2-3-6/h4,6H,2-3H2,1H3,(H2,10,15,16). The third kappa shape index (κ3) is 1.93. The predicted octanol–water partition coefficient (Wildman–Crippen LogP) is 0.692. The summed E-state index contributed by atoms with van der Waals surface area (Å²) in [7, 11) is -3.85. The number of aromatic nitrogens is 4. The minimum absolute atomic E-state index is 0.130. The summed E-state index contributed by atoms with van der Waals surface area (Å²) < 4.78 is 24.6. The van der Waals surface area contributed by atoms with E-state index in [0.29, 0.717) is 5.82 Å². The van der Waals surface area contributed by atoms with E-state index in [4.69, 9.17) is 5.14 Å². The molecule has 1 fully saturated rings. The van der Waals surface area contributed by atoms with Crippen LogP contribution in [0.2, 0.25) is 0 Å². The van der Waals surface area contributed by atoms with Crippen LogP contribution in [0.5, 0.6) is 0 Å². The summed E-state index contributed by atoms with van der Waals surface area (Å²) in [4.78, 5) is 4.95. The number of thiazole rings is 1. The van der Waals surface area contributed by atoms with Gasteiger partial charge in [-0.05, 0) is 19.8 Å². The molecule has 0 unspecified atom stereocenters. The van der Waals surface area contributed by atoms with E-state index in [1.165, 1.54) is 11.3 Å². The first-order valence-electron chi connectivity index (χ1n) is 5.37. The van der Waals surface area contributed by atoms with Crippen LogP contribution in [0.25, 0.3) is 10.7 Å². The Kier molecular flexibility index (Phi) is 2.50. The van der Waals surface area contributed by atoms with E-state index in [1.54, 1.807) is 10.8 Å². The summed E-state index contributed by atoms with van der Waals surface area (Å²) >= 11 is 1.45. The zero-order chi connectivity index (χ0) is 12.9. The van der Waals surface area contributed by atoms with Gasteiger partial charge in [0.15, 0.2) is 5.82 Å². The van der Waals surface area contributed by atoms with Crippen LogP contribution in [-0.2, 0) is 10.0 Å². The minimum atomic E-state index is -3.85. The van der Waals surface area contributed by atoms with Crippen molar-refractivity contribution in [1.29, 1.82) is 0 Å². The van der Waals surface area contributed by atoms with Crippen LogP contribution in [0.4, 0.5) is 0 Å². The molecule has 1 aliphatic rings. The number of hydrogen-bond donors (Lipinski definition) is 1. The second kappa shape index (κ2) is 3.84. The topological polar surface area (TPSA) is 104 Å². The molecule has 2 aromatic heterocycles. The number of nitrogens with zero attached hydrogens (tertiary/aromatic N) is 4. The summed E-state index contributed by atoms with van der Waals surface area (Å²) in [6, 6.07) is 0.130. The molecule has 2 heterocycles. The van der Waals surface area contributed by atoms with Crippen LogP contribution in [0.1, 0.15) is 23.9 Å². The second-order valence-electron chi connectivity index (χ2n) is 4.20. The van der Waals surface area contributed by atoms with E-state index in [1.807, 2.05) is 6.92 Å². The lowest BCUT2D eigenvalue weighted by atomic mass is 10.5. The van der Waals surface area contributed by atoms with E-state index in [9.17, 15) is 8.42 Å². The Morgan fingerprint density at radius 3 is 2.67 bits per heavy atom. The number of rotatable bonds is 3. The summed E-state index contributed by atoms with van der Waals surface area (Å²) in [6.45, 7) is 1.88. The van der Waals surface area contributed by atoms with Gasteiger partial charge in [-0.15, -0.1) is 21.5 Å². The molecule has 0 saturated heterocycles. The molecule has 2 aromatic rings. The van der Waals surface area contributed by atoms with Gasteiger partial charge < -0.3 is 0 Å². The van der Waals surface area contributed by atoms with Gasteiger partial charge in [-0.3, -0.25) is 4.57 Å². The first-order valence-corrected chi connectivity index (χ1v) is 7.73. The number of nitrogens with two attached hydrogens (primary N) is 1. The summed E-state index contributed by atoms with van der Waals surface area (Å²) in [5.41, 5.74) is 0. The van der Waals surface area contributed by atoms with Crippen molar-refractivity contribution in [3.8, 4) is 10.7 Å². The summed E-state index contributed by atoms with van der Waals surface area (Å²) in [6.07, 6.45) is 3.52. The summed E-state index contributed by atoms with van der Waals surface area (Å²) in [5.74, 6) is 0.534. The van der Waals surface area contributed by atoms with Crippen LogP contribution in [0, 0.1) is 6.92 Å². The van der Waals surface area contributed by atoms with Gasteiger partial charge in [-0.1, -0.05) is 0 Å². The quantitative estimate of drug-likeness (QED) is 0.893. The van der Waals surface area contributed by atoms with E-state index in [2.05, 4.69) is 15.2 Å². The van der Waals surface area contributed by atoms with Gasteiger partial charge in [-0.2, -0.15) is 0 Å². The molecule has 0 amide bonds. The van der Waals surface area contributed by atoms with Crippen molar-refractivity contribution in [2.75, 3.05) is 0 Å². The zero-order valence-corrected chi connectivity index (χ0v) is 11.2. The van der Waals surface area contributed by atoms with Crippen molar-refractivity contribution in [2.45, 2.75) is 31.0 Å². The largest absolute Gasteiger partial charge is 0.293 e. The maximum absolute atomic E-state index is 11.5. The molecule has 0 radical (unpaired) electrons. The van der Waals surface area contributed by atoms with Crippen LogP contribution < -0.4 is 5.14 Å². The number of sulfonamides is 1. The van der Waals surface area contributed by atoms with Crippen LogP contribution in [0.15, 0.2) is 11.4 Å². The van der Waals surface area contributed by atoms with Crippen LogP contribution >= 0.6 is 11.3 Å². The van der Waals surface area contributed by atoms with Crippen molar-refractivity contribution in [3.63, 3.8) is 0 Å². The first kappa shape index (κ1) is 11.8. The molecule has 1 saturated carbocycles. The van der Waals surface area contributed by atoms with Gasteiger partial charge in [0, 0.05) is 12.2 Å². The third-order valence-corrected chi connectivity index (χ3v) is 4.37. The molecular formula is C9H11N5O2S2. The average Bonchev–Trinajstić information content (AvgIpc) is 2.85. The predicted molar refractivity (Wildman–Crippen MR) is 65.5 cm³/mol. The van der Waals surface area contributed by atoms with Crippen molar-refractivity contribution in [3.05, 3.63) is 11.2 Å². The fourth-order valence-electron chi connectivity index (χ4n) is 1.77. The Hall–Kier alpha value is -1.32. The Morgan fingerprint density at radius 1 is 1.44 bits per heavy atom. The molecule has 3 rings (SSSR count). The Balaban J connectivity index is 2.19. The Labute approximate surface area is 108 Å². The number of hydrogen-bond acceptors (Lipinski definition) is 6. The molecule has 0 bridgehead atoms. The lowest BCUT2D eigenvalue weighted by molar-refractivity contribution is 0.567. The fraction of sp³-hybridized carbons (Fsp3) is 0.444. The monoisotopic (exact) mass is 285 g/mol. The molecular weight excluding hydrogens is 274 g/mol. The molecule has 9 heteroatoms. The van der Waals surface area contributed by atoms with Gasteiger partial charge in [-0.25, -0.2) is 18.5 Å². The maximum Gasteiger partial charge on any atom is 0.273 e. The first-order chi connectivity index (χ1) is 8.47. The van der Waals surface area contributed by atoms with Crippen molar-refractivity contribution < 1.29 is 8.42 Å². The van der Waals surface area contributed by atoms with Gasteiger partial charge >= 0.3 is 0 Å². The number of aryl methyl sites for hydroxylation is 1. The van der Waals surface area contributed by atoms with Gasteiger partial charge in [0.25, 0.3) is 15.2 Å². The molecule has 0 atom stereocenters. The highest BCUT2D eigenvalue weighted by Gasteiger charge is 2.33. The highest BCUT2D eigenvalue weighted by molar-refractivity contribution is 7.89. The molecule has 0 aliphatic heterocycles. The van der Waals surface area contributed by atoms with Crippen molar-refractivity contribution in [1.82, 2.24) is 19.7 Å². The normalized spacial score (nSPS) is 16.1.